The maximum absolute atomic E-state index is 11.1. The van der Waals surface area contributed by atoms with Gasteiger partial charge in [0.15, 0.2) is 0 Å². The molecule has 13 heavy (non-hydrogen) atoms. The van der Waals surface area contributed by atoms with Crippen molar-refractivity contribution in [3.8, 4) is 12.3 Å². The maximum Gasteiger partial charge on any atom is 0.128 e. The van der Waals surface area contributed by atoms with Gasteiger partial charge in [0.1, 0.15) is 6.29 Å². The van der Waals surface area contributed by atoms with Gasteiger partial charge in [-0.15, -0.1) is 12.3 Å². The van der Waals surface area contributed by atoms with Gasteiger partial charge in [0, 0.05) is 6.42 Å². The number of rotatable bonds is 3. The minimum atomic E-state index is -0.241. The molecule has 0 aliphatic carbocycles. The predicted molar refractivity (Wildman–Crippen MR) is 49.1 cm³/mol. The molecule has 2 bridgehead atoms. The zero-order valence-electron chi connectivity index (χ0n) is 7.66. The third kappa shape index (κ3) is 1.28. The minimum absolute atomic E-state index is 0.156. The second-order valence-corrected chi connectivity index (χ2v) is 4.08. The van der Waals surface area contributed by atoms with Crippen LogP contribution in [-0.2, 0) is 9.53 Å². The van der Waals surface area contributed by atoms with Gasteiger partial charge in [-0.1, -0.05) is 0 Å². The Morgan fingerprint density at radius 3 is 2.92 bits per heavy atom. The lowest BCUT2D eigenvalue weighted by molar-refractivity contribution is -0.119. The highest BCUT2D eigenvalue weighted by molar-refractivity contribution is 5.61. The summed E-state index contributed by atoms with van der Waals surface area (Å²) in [4.78, 5) is 11.1. The minimum Gasteiger partial charge on any atom is -0.374 e. The number of hydrogen-bond acceptors (Lipinski definition) is 2. The summed E-state index contributed by atoms with van der Waals surface area (Å²) >= 11 is 0. The summed E-state index contributed by atoms with van der Waals surface area (Å²) in [6.07, 6.45) is 11.3. The number of carbonyl (C=O) groups excluding carboxylic acids is 1. The van der Waals surface area contributed by atoms with Crippen molar-refractivity contribution in [1.29, 1.82) is 0 Å². The number of terminal acetylenes is 1. The second kappa shape index (κ2) is 3.16. The number of ether oxygens (including phenoxy) is 1. The highest BCUT2D eigenvalue weighted by atomic mass is 16.5. The van der Waals surface area contributed by atoms with Crippen LogP contribution >= 0.6 is 0 Å². The second-order valence-electron chi connectivity index (χ2n) is 4.08. The van der Waals surface area contributed by atoms with Gasteiger partial charge in [0.2, 0.25) is 0 Å². The summed E-state index contributed by atoms with van der Waals surface area (Å²) in [5.41, 5.74) is -0.241. The molecule has 2 fully saturated rings. The van der Waals surface area contributed by atoms with Gasteiger partial charge in [0.25, 0.3) is 0 Å². The van der Waals surface area contributed by atoms with Crippen molar-refractivity contribution in [2.24, 2.45) is 5.41 Å². The van der Waals surface area contributed by atoms with Crippen LogP contribution in [0.2, 0.25) is 0 Å². The van der Waals surface area contributed by atoms with Gasteiger partial charge in [-0.2, -0.15) is 0 Å². The van der Waals surface area contributed by atoms with Crippen molar-refractivity contribution in [2.75, 3.05) is 0 Å². The van der Waals surface area contributed by atoms with Crippen LogP contribution in [0.25, 0.3) is 0 Å². The SMILES string of the molecule is C#CCCC1(C=O)CC2CCC1O2. The van der Waals surface area contributed by atoms with Crippen LogP contribution in [0.1, 0.15) is 32.1 Å². The molecule has 3 atom stereocenters. The molecule has 2 rings (SSSR count). The first-order chi connectivity index (χ1) is 6.30. The zero-order chi connectivity index (χ0) is 9.31. The van der Waals surface area contributed by atoms with E-state index in [1.54, 1.807) is 0 Å². The summed E-state index contributed by atoms with van der Waals surface area (Å²) < 4.78 is 5.68. The Kier molecular flexibility index (Phi) is 2.13. The van der Waals surface area contributed by atoms with Crippen molar-refractivity contribution in [3.63, 3.8) is 0 Å². The summed E-state index contributed by atoms with van der Waals surface area (Å²) in [6.45, 7) is 0. The Balaban J connectivity index is 2.09. The molecule has 0 N–H and O–H groups in total. The molecule has 2 aliphatic heterocycles. The average Bonchev–Trinajstić information content (AvgIpc) is 2.74. The van der Waals surface area contributed by atoms with Crippen LogP contribution in [0, 0.1) is 17.8 Å². The molecule has 0 aromatic heterocycles. The Bertz CT molecular complexity index is 253. The van der Waals surface area contributed by atoms with Gasteiger partial charge in [-0.25, -0.2) is 0 Å². The van der Waals surface area contributed by atoms with Crippen LogP contribution in [0.5, 0.6) is 0 Å². The van der Waals surface area contributed by atoms with E-state index in [0.29, 0.717) is 12.5 Å². The molecule has 2 saturated heterocycles. The average molecular weight is 178 g/mol. The van der Waals surface area contributed by atoms with Crippen molar-refractivity contribution in [2.45, 2.75) is 44.3 Å². The summed E-state index contributed by atoms with van der Waals surface area (Å²) in [7, 11) is 0. The number of hydrogen-bond donors (Lipinski definition) is 0. The van der Waals surface area contributed by atoms with Gasteiger partial charge in [-0.3, -0.25) is 0 Å². The van der Waals surface area contributed by atoms with Crippen LogP contribution in [0.3, 0.4) is 0 Å². The van der Waals surface area contributed by atoms with E-state index in [0.717, 1.165) is 32.0 Å². The third-order valence-electron chi connectivity index (χ3n) is 3.33. The topological polar surface area (TPSA) is 26.3 Å². The molecular formula is C11H14O2. The van der Waals surface area contributed by atoms with E-state index >= 15 is 0 Å². The van der Waals surface area contributed by atoms with E-state index in [1.165, 1.54) is 0 Å². The normalized spacial score (nSPS) is 41.8. The van der Waals surface area contributed by atoms with Crippen molar-refractivity contribution in [1.82, 2.24) is 0 Å². The lowest BCUT2D eigenvalue weighted by atomic mass is 9.72. The first-order valence-electron chi connectivity index (χ1n) is 4.86. The summed E-state index contributed by atoms with van der Waals surface area (Å²) in [5, 5.41) is 0. The summed E-state index contributed by atoms with van der Waals surface area (Å²) in [6, 6.07) is 0. The Morgan fingerprint density at radius 1 is 1.62 bits per heavy atom. The monoisotopic (exact) mass is 178 g/mol. The van der Waals surface area contributed by atoms with Crippen LogP contribution in [0.4, 0.5) is 0 Å². The number of carbonyl (C=O) groups is 1. The van der Waals surface area contributed by atoms with Crippen molar-refractivity contribution < 1.29 is 9.53 Å². The van der Waals surface area contributed by atoms with Crippen molar-refractivity contribution >= 4 is 6.29 Å². The molecule has 3 unspecified atom stereocenters. The quantitative estimate of drug-likeness (QED) is 0.484. The van der Waals surface area contributed by atoms with E-state index in [9.17, 15) is 4.79 Å². The maximum atomic E-state index is 11.1. The lowest BCUT2D eigenvalue weighted by Crippen LogP contribution is -2.33. The Hall–Kier alpha value is -0.810. The fourth-order valence-corrected chi connectivity index (χ4v) is 2.58. The largest absolute Gasteiger partial charge is 0.374 e. The zero-order valence-corrected chi connectivity index (χ0v) is 7.66. The Morgan fingerprint density at radius 2 is 2.46 bits per heavy atom. The summed E-state index contributed by atoms with van der Waals surface area (Å²) in [5.74, 6) is 2.60. The third-order valence-corrected chi connectivity index (χ3v) is 3.33. The van der Waals surface area contributed by atoms with E-state index < -0.39 is 0 Å². The fourth-order valence-electron chi connectivity index (χ4n) is 2.58. The van der Waals surface area contributed by atoms with E-state index in [-0.39, 0.29) is 11.5 Å². The molecule has 2 heterocycles. The molecule has 0 radical (unpaired) electrons. The smallest absolute Gasteiger partial charge is 0.128 e. The number of fused-ring (bicyclic) bond motifs is 2. The van der Waals surface area contributed by atoms with Crippen molar-refractivity contribution in [3.05, 3.63) is 0 Å². The molecule has 0 saturated carbocycles. The first kappa shape index (κ1) is 8.77. The van der Waals surface area contributed by atoms with Gasteiger partial charge < -0.3 is 9.53 Å². The van der Waals surface area contributed by atoms with Gasteiger partial charge >= 0.3 is 0 Å². The van der Waals surface area contributed by atoms with E-state index in [1.807, 2.05) is 0 Å². The highest BCUT2D eigenvalue weighted by Crippen LogP contribution is 2.48. The van der Waals surface area contributed by atoms with Gasteiger partial charge in [0.05, 0.1) is 17.6 Å². The molecule has 0 amide bonds. The van der Waals surface area contributed by atoms with Crippen LogP contribution in [0.15, 0.2) is 0 Å². The molecule has 2 nitrogen and oxygen atoms in total. The molecule has 70 valence electrons. The van der Waals surface area contributed by atoms with Crippen LogP contribution < -0.4 is 0 Å². The fraction of sp³-hybridized carbons (Fsp3) is 0.727. The molecule has 2 aliphatic rings. The molecular weight excluding hydrogens is 164 g/mol. The van der Waals surface area contributed by atoms with Crippen LogP contribution in [-0.4, -0.2) is 18.5 Å². The standard InChI is InChI=1S/C11H14O2/c1-2-3-6-11(8-12)7-9-4-5-10(11)13-9/h1,8-10H,3-7H2. The molecule has 0 aromatic rings. The van der Waals surface area contributed by atoms with E-state index in [2.05, 4.69) is 5.92 Å². The molecule has 0 spiro atoms. The predicted octanol–water partition coefficient (Wildman–Crippen LogP) is 1.54. The Labute approximate surface area is 78.7 Å². The van der Waals surface area contributed by atoms with E-state index in [4.69, 9.17) is 11.2 Å². The lowest BCUT2D eigenvalue weighted by Gasteiger charge is -2.28. The number of aldehydes is 1. The highest BCUT2D eigenvalue weighted by Gasteiger charge is 2.51. The van der Waals surface area contributed by atoms with Gasteiger partial charge in [-0.05, 0) is 25.7 Å². The molecule has 2 heteroatoms. The molecule has 0 aromatic carbocycles. The first-order valence-corrected chi connectivity index (χ1v) is 4.86.